The van der Waals surface area contributed by atoms with E-state index in [2.05, 4.69) is 5.10 Å². The first-order chi connectivity index (χ1) is 11.5. The molecule has 0 saturated heterocycles. The van der Waals surface area contributed by atoms with E-state index in [4.69, 9.17) is 5.11 Å². The molecule has 5 nitrogen and oxygen atoms in total. The van der Waals surface area contributed by atoms with Gasteiger partial charge in [0, 0.05) is 12.8 Å². The van der Waals surface area contributed by atoms with E-state index in [0.29, 0.717) is 6.42 Å². The summed E-state index contributed by atoms with van der Waals surface area (Å²) in [6.07, 6.45) is 0.418. The van der Waals surface area contributed by atoms with E-state index in [1.54, 1.807) is 11.3 Å². The number of rotatable bonds is 5. The second-order valence-electron chi connectivity index (χ2n) is 5.79. The van der Waals surface area contributed by atoms with Crippen LogP contribution in [-0.2, 0) is 9.59 Å². The van der Waals surface area contributed by atoms with Crippen molar-refractivity contribution >= 4 is 28.9 Å². The maximum atomic E-state index is 12.5. The predicted molar refractivity (Wildman–Crippen MR) is 93.1 cm³/mol. The number of aliphatic carboxylic acids is 1. The quantitative estimate of drug-likeness (QED) is 0.902. The minimum atomic E-state index is -0.975. The molecule has 0 fully saturated rings. The number of thiophene rings is 1. The molecule has 2 heterocycles. The number of carbonyl (C=O) groups excluding carboxylic acids is 1. The first kappa shape index (κ1) is 16.4. The first-order valence-electron chi connectivity index (χ1n) is 7.76. The Kier molecular flexibility index (Phi) is 4.76. The summed E-state index contributed by atoms with van der Waals surface area (Å²) in [6, 6.07) is 11.8. The van der Waals surface area contributed by atoms with Crippen molar-refractivity contribution in [2.45, 2.75) is 32.2 Å². The van der Waals surface area contributed by atoms with Gasteiger partial charge in [-0.05, 0) is 23.9 Å². The second-order valence-corrected chi connectivity index (χ2v) is 6.73. The van der Waals surface area contributed by atoms with Crippen molar-refractivity contribution in [3.8, 4) is 0 Å². The van der Waals surface area contributed by atoms with E-state index in [0.717, 1.165) is 21.7 Å². The summed E-state index contributed by atoms with van der Waals surface area (Å²) in [4.78, 5) is 24.3. The van der Waals surface area contributed by atoms with Crippen LogP contribution in [-0.4, -0.2) is 27.7 Å². The summed E-state index contributed by atoms with van der Waals surface area (Å²) in [5.74, 6) is -1.23. The first-order valence-corrected chi connectivity index (χ1v) is 8.64. The molecule has 0 bridgehead atoms. The van der Waals surface area contributed by atoms with Crippen molar-refractivity contribution < 1.29 is 14.7 Å². The lowest BCUT2D eigenvalue weighted by atomic mass is 10.00. The van der Waals surface area contributed by atoms with Gasteiger partial charge in [0.05, 0.1) is 23.1 Å². The van der Waals surface area contributed by atoms with Crippen molar-refractivity contribution in [3.05, 3.63) is 57.8 Å². The summed E-state index contributed by atoms with van der Waals surface area (Å²) >= 11 is 1.59. The summed E-state index contributed by atoms with van der Waals surface area (Å²) in [7, 11) is 0. The van der Waals surface area contributed by atoms with Gasteiger partial charge >= 0.3 is 5.97 Å². The van der Waals surface area contributed by atoms with E-state index in [1.165, 1.54) is 5.01 Å². The number of amides is 1. The molecule has 1 aliphatic rings. The Balaban J connectivity index is 1.87. The number of benzene rings is 1. The number of hydrazone groups is 1. The SMILES string of the molecule is Cc1ccc(C2CC(c3cccs3)=NN2C(=O)CCC(=O)O)cc1. The monoisotopic (exact) mass is 342 g/mol. The van der Waals surface area contributed by atoms with Crippen LogP contribution in [0.15, 0.2) is 46.9 Å². The highest BCUT2D eigenvalue weighted by atomic mass is 32.1. The van der Waals surface area contributed by atoms with Gasteiger partial charge in [-0.1, -0.05) is 35.9 Å². The highest BCUT2D eigenvalue weighted by molar-refractivity contribution is 7.12. The van der Waals surface area contributed by atoms with Crippen molar-refractivity contribution in [2.24, 2.45) is 5.10 Å². The Morgan fingerprint density at radius 2 is 2.00 bits per heavy atom. The molecule has 1 aliphatic heterocycles. The zero-order chi connectivity index (χ0) is 17.1. The van der Waals surface area contributed by atoms with Crippen molar-refractivity contribution in [3.63, 3.8) is 0 Å². The van der Waals surface area contributed by atoms with Crippen LogP contribution in [0.3, 0.4) is 0 Å². The second kappa shape index (κ2) is 6.97. The normalized spacial score (nSPS) is 17.0. The highest BCUT2D eigenvalue weighted by Crippen LogP contribution is 2.34. The molecule has 3 rings (SSSR count). The third kappa shape index (κ3) is 3.54. The van der Waals surface area contributed by atoms with Crippen LogP contribution in [0, 0.1) is 6.92 Å². The number of carboxylic acid groups (broad SMARTS) is 1. The third-order valence-electron chi connectivity index (χ3n) is 3.99. The van der Waals surface area contributed by atoms with E-state index in [1.807, 2.05) is 48.7 Å². The summed E-state index contributed by atoms with van der Waals surface area (Å²) in [5, 5.41) is 16.8. The Morgan fingerprint density at radius 3 is 2.62 bits per heavy atom. The fourth-order valence-electron chi connectivity index (χ4n) is 2.71. The molecule has 0 radical (unpaired) electrons. The number of nitrogens with zero attached hydrogens (tertiary/aromatic N) is 2. The van der Waals surface area contributed by atoms with Crippen molar-refractivity contribution in [1.29, 1.82) is 0 Å². The van der Waals surface area contributed by atoms with E-state index in [9.17, 15) is 9.59 Å². The van der Waals surface area contributed by atoms with Gasteiger partial charge in [-0.3, -0.25) is 9.59 Å². The molecule has 0 saturated carbocycles. The van der Waals surface area contributed by atoms with E-state index < -0.39 is 5.97 Å². The zero-order valence-corrected chi connectivity index (χ0v) is 14.1. The van der Waals surface area contributed by atoms with E-state index >= 15 is 0 Å². The largest absolute Gasteiger partial charge is 0.481 e. The minimum Gasteiger partial charge on any atom is -0.481 e. The van der Waals surface area contributed by atoms with Crippen molar-refractivity contribution in [1.82, 2.24) is 5.01 Å². The van der Waals surface area contributed by atoms with Crippen LogP contribution in [0.5, 0.6) is 0 Å². The van der Waals surface area contributed by atoms with E-state index in [-0.39, 0.29) is 24.8 Å². The lowest BCUT2D eigenvalue weighted by Gasteiger charge is -2.22. The summed E-state index contributed by atoms with van der Waals surface area (Å²) < 4.78 is 0. The van der Waals surface area contributed by atoms with Gasteiger partial charge in [-0.25, -0.2) is 5.01 Å². The molecular weight excluding hydrogens is 324 g/mol. The molecule has 0 spiro atoms. The molecular formula is C18H18N2O3S. The fourth-order valence-corrected chi connectivity index (χ4v) is 3.43. The van der Waals surface area contributed by atoms with Gasteiger partial charge in [0.25, 0.3) is 0 Å². The third-order valence-corrected chi connectivity index (χ3v) is 4.91. The number of hydrogen-bond acceptors (Lipinski definition) is 4. The Hall–Kier alpha value is -2.47. The van der Waals surface area contributed by atoms with Gasteiger partial charge in [-0.2, -0.15) is 5.10 Å². The van der Waals surface area contributed by atoms with Crippen LogP contribution >= 0.6 is 11.3 Å². The van der Waals surface area contributed by atoms with Gasteiger partial charge < -0.3 is 5.11 Å². The fraction of sp³-hybridized carbons (Fsp3) is 0.278. The van der Waals surface area contributed by atoms with Gasteiger partial charge in [0.2, 0.25) is 5.91 Å². The lowest BCUT2D eigenvalue weighted by Crippen LogP contribution is -2.27. The Labute approximate surface area is 144 Å². The maximum Gasteiger partial charge on any atom is 0.303 e. The molecule has 2 aromatic rings. The summed E-state index contributed by atoms with van der Waals surface area (Å²) in [6.45, 7) is 2.02. The smallest absolute Gasteiger partial charge is 0.303 e. The van der Waals surface area contributed by atoms with Crippen LogP contribution in [0.2, 0.25) is 0 Å². The van der Waals surface area contributed by atoms with Gasteiger partial charge in [0.1, 0.15) is 0 Å². The van der Waals surface area contributed by atoms with Crippen LogP contribution in [0.25, 0.3) is 0 Å². The van der Waals surface area contributed by atoms with Crippen LogP contribution < -0.4 is 0 Å². The molecule has 1 N–H and O–H groups in total. The zero-order valence-electron chi connectivity index (χ0n) is 13.3. The molecule has 0 aliphatic carbocycles. The molecule has 24 heavy (non-hydrogen) atoms. The number of carbonyl (C=O) groups is 2. The summed E-state index contributed by atoms with van der Waals surface area (Å²) in [5.41, 5.74) is 3.04. The number of hydrogen-bond donors (Lipinski definition) is 1. The molecule has 1 aromatic carbocycles. The Morgan fingerprint density at radius 1 is 1.25 bits per heavy atom. The topological polar surface area (TPSA) is 70.0 Å². The maximum absolute atomic E-state index is 12.5. The predicted octanol–water partition coefficient (Wildman–Crippen LogP) is 3.60. The molecule has 1 unspecified atom stereocenters. The average molecular weight is 342 g/mol. The molecule has 6 heteroatoms. The van der Waals surface area contributed by atoms with Gasteiger partial charge in [-0.15, -0.1) is 11.3 Å². The Bertz CT molecular complexity index is 766. The highest BCUT2D eigenvalue weighted by Gasteiger charge is 2.33. The molecule has 1 amide bonds. The van der Waals surface area contributed by atoms with Crippen LogP contribution in [0.4, 0.5) is 0 Å². The molecule has 124 valence electrons. The minimum absolute atomic E-state index is 0.0427. The molecule has 1 atom stereocenters. The van der Waals surface area contributed by atoms with Crippen molar-refractivity contribution in [2.75, 3.05) is 0 Å². The average Bonchev–Trinajstić information content (AvgIpc) is 3.22. The number of carboxylic acids is 1. The lowest BCUT2D eigenvalue weighted by molar-refractivity contribution is -0.141. The number of aryl methyl sites for hydroxylation is 1. The molecule has 1 aromatic heterocycles. The van der Waals surface area contributed by atoms with Crippen LogP contribution in [0.1, 0.15) is 41.3 Å². The van der Waals surface area contributed by atoms with Gasteiger partial charge in [0.15, 0.2) is 0 Å². The standard InChI is InChI=1S/C18H18N2O3S/c1-12-4-6-13(7-5-12)15-11-14(16-3-2-10-24-16)19-20(15)17(21)8-9-18(22)23/h2-7,10,15H,8-9,11H2,1H3,(H,22,23).